The third kappa shape index (κ3) is 2.31. The Morgan fingerprint density at radius 3 is 2.19 bits per heavy atom. The van der Waals surface area contributed by atoms with Crippen molar-refractivity contribution in [2.75, 3.05) is 0 Å². The molecule has 0 heterocycles. The summed E-state index contributed by atoms with van der Waals surface area (Å²) in [5.41, 5.74) is 1.33. The molecule has 0 N–H and O–H groups in total. The monoisotopic (exact) mass is 218 g/mol. The highest BCUT2D eigenvalue weighted by atomic mass is 16.1. The van der Waals surface area contributed by atoms with Crippen LogP contribution in [0.4, 0.5) is 0 Å². The largest absolute Gasteiger partial charge is 0.290 e. The van der Waals surface area contributed by atoms with Gasteiger partial charge in [-0.05, 0) is 37.8 Å². The van der Waals surface area contributed by atoms with Crippen molar-refractivity contribution < 1.29 is 9.59 Å². The number of allylic oxidation sites excluding steroid dienone is 4. The molecule has 0 aliphatic heterocycles. The first-order valence-corrected chi connectivity index (χ1v) is 6.17. The van der Waals surface area contributed by atoms with Crippen LogP contribution in [0.1, 0.15) is 45.4 Å². The second-order valence-corrected chi connectivity index (χ2v) is 4.84. The third-order valence-corrected chi connectivity index (χ3v) is 3.60. The van der Waals surface area contributed by atoms with Gasteiger partial charge in [-0.25, -0.2) is 0 Å². The summed E-state index contributed by atoms with van der Waals surface area (Å²) in [6, 6.07) is 0. The van der Waals surface area contributed by atoms with Crippen LogP contribution in [0.15, 0.2) is 23.3 Å². The molecule has 86 valence electrons. The van der Waals surface area contributed by atoms with Gasteiger partial charge in [0.15, 0.2) is 11.6 Å². The normalized spacial score (nSPS) is 23.8. The van der Waals surface area contributed by atoms with Gasteiger partial charge in [0, 0.05) is 11.1 Å². The van der Waals surface area contributed by atoms with E-state index in [0.717, 1.165) is 18.4 Å². The van der Waals surface area contributed by atoms with Gasteiger partial charge in [0.25, 0.3) is 0 Å². The van der Waals surface area contributed by atoms with Crippen LogP contribution in [0.25, 0.3) is 0 Å². The van der Waals surface area contributed by atoms with Gasteiger partial charge in [-0.15, -0.1) is 0 Å². The molecular formula is C14H18O2. The van der Waals surface area contributed by atoms with Gasteiger partial charge in [-0.1, -0.05) is 25.7 Å². The minimum atomic E-state index is 0.0128. The summed E-state index contributed by atoms with van der Waals surface area (Å²) in [5, 5.41) is 0. The highest BCUT2D eigenvalue weighted by Gasteiger charge is 2.25. The van der Waals surface area contributed by atoms with Gasteiger partial charge in [0.05, 0.1) is 0 Å². The molecule has 0 aromatic heterocycles. The standard InChI is InChI=1S/C14H18O2/c1-10-8-14(16)12(9-13(10)15)11-6-4-2-3-5-7-11/h8-9,11H,2-7H2,1H3. The molecule has 1 saturated carbocycles. The van der Waals surface area contributed by atoms with Gasteiger partial charge in [0.2, 0.25) is 0 Å². The quantitative estimate of drug-likeness (QED) is 0.501. The van der Waals surface area contributed by atoms with Crippen molar-refractivity contribution in [3.8, 4) is 0 Å². The molecule has 0 saturated heterocycles. The van der Waals surface area contributed by atoms with Crippen LogP contribution in [0.2, 0.25) is 0 Å². The number of rotatable bonds is 1. The lowest BCUT2D eigenvalue weighted by Gasteiger charge is -2.18. The Balaban J connectivity index is 2.17. The lowest BCUT2D eigenvalue weighted by atomic mass is 9.84. The van der Waals surface area contributed by atoms with Crippen molar-refractivity contribution in [2.45, 2.75) is 45.4 Å². The predicted octanol–water partition coefficient (Wildman–Crippen LogP) is 2.98. The van der Waals surface area contributed by atoms with Gasteiger partial charge < -0.3 is 0 Å². The maximum Gasteiger partial charge on any atom is 0.182 e. The van der Waals surface area contributed by atoms with Crippen LogP contribution in [-0.4, -0.2) is 11.6 Å². The number of carbonyl (C=O) groups excluding carboxylic acids is 2. The van der Waals surface area contributed by atoms with Crippen molar-refractivity contribution >= 4 is 11.6 Å². The zero-order valence-corrected chi connectivity index (χ0v) is 9.79. The lowest BCUT2D eigenvalue weighted by Crippen LogP contribution is -2.18. The molecule has 16 heavy (non-hydrogen) atoms. The first kappa shape index (κ1) is 11.3. The average Bonchev–Trinajstić information content (AvgIpc) is 2.52. The number of carbonyl (C=O) groups is 2. The summed E-state index contributed by atoms with van der Waals surface area (Å²) in [7, 11) is 0. The summed E-state index contributed by atoms with van der Waals surface area (Å²) in [6.45, 7) is 1.71. The van der Waals surface area contributed by atoms with Crippen molar-refractivity contribution in [1.29, 1.82) is 0 Å². The summed E-state index contributed by atoms with van der Waals surface area (Å²) in [4.78, 5) is 23.4. The SMILES string of the molecule is CC1=CC(=O)C(C2CCCCCC2)=CC1=O. The van der Waals surface area contributed by atoms with E-state index in [2.05, 4.69) is 0 Å². The molecule has 0 radical (unpaired) electrons. The van der Waals surface area contributed by atoms with E-state index in [1.807, 2.05) is 0 Å². The van der Waals surface area contributed by atoms with E-state index in [1.54, 1.807) is 13.0 Å². The lowest BCUT2D eigenvalue weighted by molar-refractivity contribution is -0.115. The molecule has 2 rings (SSSR count). The van der Waals surface area contributed by atoms with Crippen LogP contribution in [-0.2, 0) is 9.59 Å². The molecule has 0 unspecified atom stereocenters. The molecule has 0 bridgehead atoms. The zero-order chi connectivity index (χ0) is 11.5. The van der Waals surface area contributed by atoms with E-state index in [-0.39, 0.29) is 11.6 Å². The fraction of sp³-hybridized carbons (Fsp3) is 0.571. The predicted molar refractivity (Wildman–Crippen MR) is 63.0 cm³/mol. The Hall–Kier alpha value is -1.18. The van der Waals surface area contributed by atoms with Crippen molar-refractivity contribution in [1.82, 2.24) is 0 Å². The second-order valence-electron chi connectivity index (χ2n) is 4.84. The maximum absolute atomic E-state index is 11.9. The molecule has 1 fully saturated rings. The maximum atomic E-state index is 11.9. The summed E-state index contributed by atoms with van der Waals surface area (Å²) < 4.78 is 0. The average molecular weight is 218 g/mol. The van der Waals surface area contributed by atoms with E-state index in [0.29, 0.717) is 11.5 Å². The second kappa shape index (κ2) is 4.77. The van der Waals surface area contributed by atoms with Crippen LogP contribution in [0.3, 0.4) is 0 Å². The Labute approximate surface area is 96.4 Å². The Bertz CT molecular complexity index is 366. The minimum absolute atomic E-state index is 0.0128. The molecule has 0 aromatic rings. The topological polar surface area (TPSA) is 34.1 Å². The summed E-state index contributed by atoms with van der Waals surface area (Å²) in [6.07, 6.45) is 10.1. The van der Waals surface area contributed by atoms with Gasteiger partial charge >= 0.3 is 0 Å². The van der Waals surface area contributed by atoms with E-state index >= 15 is 0 Å². The smallest absolute Gasteiger partial charge is 0.182 e. The van der Waals surface area contributed by atoms with Crippen molar-refractivity contribution in [2.24, 2.45) is 5.92 Å². The molecule has 2 heteroatoms. The molecular weight excluding hydrogens is 200 g/mol. The van der Waals surface area contributed by atoms with Gasteiger partial charge in [-0.2, -0.15) is 0 Å². The molecule has 0 aromatic carbocycles. The Morgan fingerprint density at radius 1 is 0.938 bits per heavy atom. The van der Waals surface area contributed by atoms with Gasteiger partial charge in [-0.3, -0.25) is 9.59 Å². The van der Waals surface area contributed by atoms with Crippen molar-refractivity contribution in [3.63, 3.8) is 0 Å². The van der Waals surface area contributed by atoms with E-state index < -0.39 is 0 Å². The number of hydrogen-bond donors (Lipinski definition) is 0. The highest BCUT2D eigenvalue weighted by Crippen LogP contribution is 2.31. The van der Waals surface area contributed by atoms with Crippen LogP contribution < -0.4 is 0 Å². The fourth-order valence-electron chi connectivity index (χ4n) is 2.59. The van der Waals surface area contributed by atoms with Crippen LogP contribution in [0.5, 0.6) is 0 Å². The van der Waals surface area contributed by atoms with Gasteiger partial charge in [0.1, 0.15) is 0 Å². The third-order valence-electron chi connectivity index (χ3n) is 3.60. The Kier molecular flexibility index (Phi) is 3.37. The Morgan fingerprint density at radius 2 is 1.56 bits per heavy atom. The molecule has 0 spiro atoms. The first-order valence-electron chi connectivity index (χ1n) is 6.17. The molecule has 0 atom stereocenters. The zero-order valence-electron chi connectivity index (χ0n) is 9.79. The number of ketones is 2. The summed E-state index contributed by atoms with van der Waals surface area (Å²) in [5.74, 6) is 0.395. The number of hydrogen-bond acceptors (Lipinski definition) is 2. The van der Waals surface area contributed by atoms with E-state index in [4.69, 9.17) is 0 Å². The molecule has 2 aliphatic rings. The van der Waals surface area contributed by atoms with E-state index in [1.165, 1.54) is 31.8 Å². The molecule has 2 nitrogen and oxygen atoms in total. The summed E-state index contributed by atoms with van der Waals surface area (Å²) >= 11 is 0. The molecule has 0 amide bonds. The van der Waals surface area contributed by atoms with E-state index in [9.17, 15) is 9.59 Å². The van der Waals surface area contributed by atoms with Crippen LogP contribution >= 0.6 is 0 Å². The van der Waals surface area contributed by atoms with Crippen molar-refractivity contribution in [3.05, 3.63) is 23.3 Å². The molecule has 2 aliphatic carbocycles. The van der Waals surface area contributed by atoms with Crippen LogP contribution in [0, 0.1) is 5.92 Å². The first-order chi connectivity index (χ1) is 7.68. The fourth-order valence-corrected chi connectivity index (χ4v) is 2.59. The minimum Gasteiger partial charge on any atom is -0.290 e. The highest BCUT2D eigenvalue weighted by molar-refractivity contribution is 6.19.